The van der Waals surface area contributed by atoms with E-state index in [4.69, 9.17) is 16.7 Å². The van der Waals surface area contributed by atoms with Crippen LogP contribution in [0.1, 0.15) is 29.6 Å². The van der Waals surface area contributed by atoms with Crippen LogP contribution in [-0.2, 0) is 10.0 Å². The van der Waals surface area contributed by atoms with Gasteiger partial charge >= 0.3 is 5.97 Å². The quantitative estimate of drug-likeness (QED) is 0.928. The summed E-state index contributed by atoms with van der Waals surface area (Å²) < 4.78 is 26.8. The van der Waals surface area contributed by atoms with Crippen molar-refractivity contribution in [1.82, 2.24) is 4.31 Å². The largest absolute Gasteiger partial charge is 0.478 e. The Morgan fingerprint density at radius 2 is 2.10 bits per heavy atom. The molecule has 1 N–H and O–H groups in total. The summed E-state index contributed by atoms with van der Waals surface area (Å²) in [5.41, 5.74) is -0.0719. The van der Waals surface area contributed by atoms with Crippen molar-refractivity contribution in [2.24, 2.45) is 5.92 Å². The van der Waals surface area contributed by atoms with Gasteiger partial charge in [-0.05, 0) is 43.4 Å². The Morgan fingerprint density at radius 3 is 2.65 bits per heavy atom. The van der Waals surface area contributed by atoms with E-state index in [2.05, 4.69) is 0 Å². The number of rotatable bonds is 3. The SMILES string of the molecule is O=C(O)c1ccc(Cl)c(S(=O)(=O)N2CC3CCC2C3)c1. The molecule has 1 saturated heterocycles. The molecule has 2 fully saturated rings. The highest BCUT2D eigenvalue weighted by Crippen LogP contribution is 2.41. The molecule has 1 saturated carbocycles. The number of aromatic carboxylic acids is 1. The van der Waals surface area contributed by atoms with Gasteiger partial charge in [-0.2, -0.15) is 4.31 Å². The van der Waals surface area contributed by atoms with Gasteiger partial charge in [0, 0.05) is 12.6 Å². The molecule has 2 bridgehead atoms. The average Bonchev–Trinajstić information content (AvgIpc) is 3.01. The van der Waals surface area contributed by atoms with Gasteiger partial charge in [-0.25, -0.2) is 13.2 Å². The zero-order valence-corrected chi connectivity index (χ0v) is 12.2. The molecule has 1 aromatic rings. The number of sulfonamides is 1. The van der Waals surface area contributed by atoms with Crippen LogP contribution in [-0.4, -0.2) is 36.4 Å². The van der Waals surface area contributed by atoms with Crippen molar-refractivity contribution in [3.8, 4) is 0 Å². The third-order valence-corrected chi connectivity index (χ3v) is 6.52. The number of carbonyl (C=O) groups is 1. The molecule has 1 heterocycles. The van der Waals surface area contributed by atoms with Crippen LogP contribution in [0.4, 0.5) is 0 Å². The molecule has 0 aromatic heterocycles. The Hall–Kier alpha value is -1.11. The molecule has 0 spiro atoms. The molecule has 3 rings (SSSR count). The molecule has 5 nitrogen and oxygen atoms in total. The van der Waals surface area contributed by atoms with Gasteiger partial charge < -0.3 is 5.11 Å². The highest BCUT2D eigenvalue weighted by molar-refractivity contribution is 7.89. The highest BCUT2D eigenvalue weighted by atomic mass is 35.5. The Balaban J connectivity index is 2.03. The van der Waals surface area contributed by atoms with Crippen molar-refractivity contribution in [3.05, 3.63) is 28.8 Å². The van der Waals surface area contributed by atoms with Crippen molar-refractivity contribution in [1.29, 1.82) is 0 Å². The topological polar surface area (TPSA) is 74.7 Å². The fourth-order valence-electron chi connectivity index (χ4n) is 3.13. The first-order valence-electron chi connectivity index (χ1n) is 6.44. The monoisotopic (exact) mass is 315 g/mol. The van der Waals surface area contributed by atoms with Crippen LogP contribution in [0.2, 0.25) is 5.02 Å². The van der Waals surface area contributed by atoms with Gasteiger partial charge in [0.2, 0.25) is 10.0 Å². The van der Waals surface area contributed by atoms with Gasteiger partial charge in [-0.1, -0.05) is 11.6 Å². The summed E-state index contributed by atoms with van der Waals surface area (Å²) in [6.07, 6.45) is 2.84. The van der Waals surface area contributed by atoms with Crippen LogP contribution in [0.3, 0.4) is 0 Å². The summed E-state index contributed by atoms with van der Waals surface area (Å²) in [5.74, 6) is -0.739. The van der Waals surface area contributed by atoms with Crippen molar-refractivity contribution >= 4 is 27.6 Å². The number of hydrogen-bond donors (Lipinski definition) is 1. The fraction of sp³-hybridized carbons (Fsp3) is 0.462. The molecule has 0 radical (unpaired) electrons. The third kappa shape index (κ3) is 2.12. The van der Waals surface area contributed by atoms with E-state index < -0.39 is 16.0 Å². The number of benzene rings is 1. The zero-order chi connectivity index (χ0) is 14.5. The second-order valence-electron chi connectivity index (χ2n) is 5.36. The smallest absolute Gasteiger partial charge is 0.335 e. The molecule has 2 unspecified atom stereocenters. The van der Waals surface area contributed by atoms with Gasteiger partial charge in [0.05, 0.1) is 10.6 Å². The van der Waals surface area contributed by atoms with Gasteiger partial charge in [0.1, 0.15) is 4.90 Å². The van der Waals surface area contributed by atoms with Crippen molar-refractivity contribution in [2.45, 2.75) is 30.2 Å². The summed E-state index contributed by atoms with van der Waals surface area (Å²) in [6.45, 7) is 0.515. The fourth-order valence-corrected chi connectivity index (χ4v) is 5.38. The van der Waals surface area contributed by atoms with Gasteiger partial charge in [-0.3, -0.25) is 0 Å². The van der Waals surface area contributed by atoms with Crippen LogP contribution in [0.5, 0.6) is 0 Å². The van der Waals surface area contributed by atoms with E-state index in [1.807, 2.05) is 0 Å². The standard InChI is InChI=1S/C13H14ClNO4S/c14-11-4-2-9(13(16)17)6-12(11)20(18,19)15-7-8-1-3-10(15)5-8/h2,4,6,8,10H,1,3,5,7H2,(H,16,17). The summed E-state index contributed by atoms with van der Waals surface area (Å²) in [7, 11) is -3.72. The van der Waals surface area contributed by atoms with Crippen LogP contribution in [0.15, 0.2) is 23.1 Å². The van der Waals surface area contributed by atoms with Gasteiger partial charge in [-0.15, -0.1) is 0 Å². The molecule has 20 heavy (non-hydrogen) atoms. The lowest BCUT2D eigenvalue weighted by Crippen LogP contribution is -2.37. The first-order chi connectivity index (χ1) is 9.39. The minimum Gasteiger partial charge on any atom is -0.478 e. The maximum absolute atomic E-state index is 12.7. The van der Waals surface area contributed by atoms with E-state index in [9.17, 15) is 13.2 Å². The summed E-state index contributed by atoms with van der Waals surface area (Å²) in [6, 6.07) is 3.81. The molecule has 1 aliphatic carbocycles. The predicted octanol–water partition coefficient (Wildman–Crippen LogP) is 2.21. The van der Waals surface area contributed by atoms with Crippen molar-refractivity contribution in [2.75, 3.05) is 6.54 Å². The maximum atomic E-state index is 12.7. The number of nitrogens with zero attached hydrogens (tertiary/aromatic N) is 1. The first-order valence-corrected chi connectivity index (χ1v) is 8.26. The van der Waals surface area contributed by atoms with E-state index in [1.54, 1.807) is 0 Å². The summed E-state index contributed by atoms with van der Waals surface area (Å²) in [5, 5.41) is 9.05. The number of carboxylic acid groups (broad SMARTS) is 1. The molecule has 1 aromatic carbocycles. The van der Waals surface area contributed by atoms with Crippen molar-refractivity contribution < 1.29 is 18.3 Å². The molecule has 7 heteroatoms. The number of halogens is 1. The Labute approximate surface area is 122 Å². The minimum atomic E-state index is -3.72. The van der Waals surface area contributed by atoms with E-state index in [0.29, 0.717) is 12.5 Å². The van der Waals surface area contributed by atoms with Crippen molar-refractivity contribution in [3.63, 3.8) is 0 Å². The zero-order valence-electron chi connectivity index (χ0n) is 10.6. The molecule has 1 aliphatic heterocycles. The van der Waals surface area contributed by atoms with Crippen LogP contribution < -0.4 is 0 Å². The predicted molar refractivity (Wildman–Crippen MR) is 73.4 cm³/mol. The van der Waals surface area contributed by atoms with Crippen LogP contribution in [0, 0.1) is 5.92 Å². The molecule has 108 valence electrons. The second-order valence-corrected chi connectivity index (χ2v) is 7.62. The molecule has 0 amide bonds. The normalized spacial score (nSPS) is 26.1. The lowest BCUT2D eigenvalue weighted by atomic mass is 10.1. The molecular weight excluding hydrogens is 302 g/mol. The van der Waals surface area contributed by atoms with E-state index in [1.165, 1.54) is 16.4 Å². The molecule has 2 aliphatic rings. The Bertz CT molecular complexity index is 673. The van der Waals surface area contributed by atoms with E-state index in [0.717, 1.165) is 25.3 Å². The van der Waals surface area contributed by atoms with E-state index in [-0.39, 0.29) is 21.5 Å². The average molecular weight is 316 g/mol. The minimum absolute atomic E-state index is 0.0366. The van der Waals surface area contributed by atoms with Crippen LogP contribution >= 0.6 is 11.6 Å². The maximum Gasteiger partial charge on any atom is 0.335 e. The first kappa shape index (κ1) is 13.9. The van der Waals surface area contributed by atoms with Crippen LogP contribution in [0.25, 0.3) is 0 Å². The van der Waals surface area contributed by atoms with Gasteiger partial charge in [0.25, 0.3) is 0 Å². The Kier molecular flexibility index (Phi) is 3.27. The summed E-state index contributed by atoms with van der Waals surface area (Å²) in [4.78, 5) is 10.9. The number of fused-ring (bicyclic) bond motifs is 2. The van der Waals surface area contributed by atoms with E-state index >= 15 is 0 Å². The molecular formula is C13H14ClNO4S. The number of piperidine rings is 1. The third-order valence-electron chi connectivity index (χ3n) is 4.12. The second kappa shape index (κ2) is 4.72. The lowest BCUT2D eigenvalue weighted by Gasteiger charge is -2.26. The highest BCUT2D eigenvalue weighted by Gasteiger charge is 2.44. The Morgan fingerprint density at radius 1 is 1.35 bits per heavy atom. The summed E-state index contributed by atoms with van der Waals surface area (Å²) >= 11 is 5.97. The lowest BCUT2D eigenvalue weighted by molar-refractivity contribution is 0.0696. The van der Waals surface area contributed by atoms with Gasteiger partial charge in [0.15, 0.2) is 0 Å². The number of carboxylic acids is 1. The number of hydrogen-bond acceptors (Lipinski definition) is 3. The molecule has 2 atom stereocenters.